The van der Waals surface area contributed by atoms with E-state index in [4.69, 9.17) is 0 Å². The van der Waals surface area contributed by atoms with Crippen molar-refractivity contribution in [2.24, 2.45) is 0 Å². The van der Waals surface area contributed by atoms with Gasteiger partial charge >= 0.3 is 0 Å². The van der Waals surface area contributed by atoms with Crippen LogP contribution >= 0.6 is 0 Å². The number of nitrogens with one attached hydrogen (secondary N) is 1. The average Bonchev–Trinajstić information content (AvgIpc) is 2.28. The van der Waals surface area contributed by atoms with Gasteiger partial charge in [-0.15, -0.1) is 0 Å². The van der Waals surface area contributed by atoms with Crippen LogP contribution in [0.4, 0.5) is 0 Å². The highest BCUT2D eigenvalue weighted by Gasteiger charge is 2.16. The van der Waals surface area contributed by atoms with Gasteiger partial charge in [0, 0.05) is 12.1 Å². The molecule has 1 heteroatoms. The summed E-state index contributed by atoms with van der Waals surface area (Å²) in [6.45, 7) is 4.45. The second-order valence-electron chi connectivity index (χ2n) is 5.22. The van der Waals surface area contributed by atoms with Crippen LogP contribution < -0.4 is 5.32 Å². The molecule has 16 heavy (non-hydrogen) atoms. The van der Waals surface area contributed by atoms with Gasteiger partial charge in [0.1, 0.15) is 0 Å². The average molecular weight is 217 g/mol. The van der Waals surface area contributed by atoms with Gasteiger partial charge in [0.2, 0.25) is 0 Å². The number of benzene rings is 1. The minimum atomic E-state index is 0.719. The van der Waals surface area contributed by atoms with Gasteiger partial charge in [-0.05, 0) is 45.1 Å². The molecule has 2 atom stereocenters. The molecule has 0 aliphatic carbocycles. The highest BCUT2D eigenvalue weighted by Crippen LogP contribution is 2.16. The quantitative estimate of drug-likeness (QED) is 0.817. The topological polar surface area (TPSA) is 12.0 Å². The van der Waals surface area contributed by atoms with Crippen LogP contribution in [0, 0.1) is 6.92 Å². The molecule has 0 bridgehead atoms. The molecule has 0 aromatic heterocycles. The largest absolute Gasteiger partial charge is 0.311 e. The minimum absolute atomic E-state index is 0.719. The molecule has 0 spiro atoms. The molecule has 2 rings (SSSR count). The Balaban J connectivity index is 1.80. The third-order valence-corrected chi connectivity index (χ3v) is 3.61. The predicted molar refractivity (Wildman–Crippen MR) is 69.7 cm³/mol. The van der Waals surface area contributed by atoms with Crippen molar-refractivity contribution in [3.8, 4) is 0 Å². The Morgan fingerprint density at radius 2 is 1.94 bits per heavy atom. The zero-order valence-corrected chi connectivity index (χ0v) is 10.5. The molecule has 0 amide bonds. The molecular formula is C15H23N. The van der Waals surface area contributed by atoms with Crippen LogP contribution in [0.5, 0.6) is 0 Å². The first kappa shape index (κ1) is 11.7. The number of hydrogen-bond donors (Lipinski definition) is 1. The van der Waals surface area contributed by atoms with Crippen LogP contribution in [0.3, 0.4) is 0 Å². The highest BCUT2D eigenvalue weighted by atomic mass is 15.0. The van der Waals surface area contributed by atoms with Gasteiger partial charge in [-0.2, -0.15) is 0 Å². The van der Waals surface area contributed by atoms with Gasteiger partial charge in [-0.1, -0.05) is 36.2 Å². The summed E-state index contributed by atoms with van der Waals surface area (Å²) in [5.41, 5.74) is 2.83. The molecular weight excluding hydrogens is 194 g/mol. The number of rotatable bonds is 3. The Labute approximate surface area is 99.3 Å². The second-order valence-corrected chi connectivity index (χ2v) is 5.22. The maximum Gasteiger partial charge on any atom is 0.00727 e. The summed E-state index contributed by atoms with van der Waals surface area (Å²) in [5, 5.41) is 3.70. The van der Waals surface area contributed by atoms with Crippen molar-refractivity contribution in [2.45, 2.75) is 58.0 Å². The first-order valence-electron chi connectivity index (χ1n) is 6.55. The predicted octanol–water partition coefficient (Wildman–Crippen LogP) is 3.46. The van der Waals surface area contributed by atoms with Crippen LogP contribution in [0.25, 0.3) is 0 Å². The van der Waals surface area contributed by atoms with E-state index in [9.17, 15) is 0 Å². The summed E-state index contributed by atoms with van der Waals surface area (Å²) in [7, 11) is 0. The van der Waals surface area contributed by atoms with Crippen molar-refractivity contribution >= 4 is 0 Å². The van der Waals surface area contributed by atoms with E-state index in [0.717, 1.165) is 12.1 Å². The molecule has 1 nitrogen and oxygen atoms in total. The maximum atomic E-state index is 3.70. The van der Waals surface area contributed by atoms with Crippen LogP contribution in [-0.4, -0.2) is 12.1 Å². The summed E-state index contributed by atoms with van der Waals surface area (Å²) < 4.78 is 0. The molecule has 1 aliphatic heterocycles. The van der Waals surface area contributed by atoms with Crippen molar-refractivity contribution < 1.29 is 0 Å². The molecule has 2 unspecified atom stereocenters. The maximum absolute atomic E-state index is 3.70. The summed E-state index contributed by atoms with van der Waals surface area (Å²) in [4.78, 5) is 0. The normalized spacial score (nSPS) is 25.6. The van der Waals surface area contributed by atoms with Crippen molar-refractivity contribution in [2.75, 3.05) is 0 Å². The Kier molecular flexibility index (Phi) is 4.00. The Morgan fingerprint density at radius 3 is 2.62 bits per heavy atom. The van der Waals surface area contributed by atoms with Crippen LogP contribution in [0.2, 0.25) is 0 Å². The summed E-state index contributed by atoms with van der Waals surface area (Å²) >= 11 is 0. The van der Waals surface area contributed by atoms with Gasteiger partial charge in [-0.25, -0.2) is 0 Å². The lowest BCUT2D eigenvalue weighted by Gasteiger charge is -2.28. The van der Waals surface area contributed by atoms with Crippen molar-refractivity contribution in [3.05, 3.63) is 35.4 Å². The summed E-state index contributed by atoms with van der Waals surface area (Å²) in [6.07, 6.45) is 6.60. The van der Waals surface area contributed by atoms with Crippen LogP contribution in [0.1, 0.15) is 43.7 Å². The molecule has 1 aliphatic rings. The Morgan fingerprint density at radius 1 is 1.19 bits per heavy atom. The van der Waals surface area contributed by atoms with Crippen LogP contribution in [-0.2, 0) is 6.42 Å². The zero-order valence-electron chi connectivity index (χ0n) is 10.5. The van der Waals surface area contributed by atoms with E-state index >= 15 is 0 Å². The van der Waals surface area contributed by atoms with Gasteiger partial charge in [0.25, 0.3) is 0 Å². The third-order valence-electron chi connectivity index (χ3n) is 3.61. The first-order valence-corrected chi connectivity index (χ1v) is 6.55. The van der Waals surface area contributed by atoms with Crippen molar-refractivity contribution in [1.29, 1.82) is 0 Å². The molecule has 1 aromatic carbocycles. The number of aryl methyl sites for hydroxylation is 2. The fourth-order valence-electron chi connectivity index (χ4n) is 2.56. The smallest absolute Gasteiger partial charge is 0.00727 e. The first-order chi connectivity index (χ1) is 7.74. The third kappa shape index (κ3) is 3.34. The van der Waals surface area contributed by atoms with E-state index in [1.807, 2.05) is 0 Å². The molecule has 0 radical (unpaired) electrons. The van der Waals surface area contributed by atoms with E-state index in [1.54, 1.807) is 0 Å². The Hall–Kier alpha value is -0.820. The molecule has 1 saturated heterocycles. The number of piperidine rings is 1. The van der Waals surface area contributed by atoms with Gasteiger partial charge in [-0.3, -0.25) is 0 Å². The van der Waals surface area contributed by atoms with Crippen LogP contribution in [0.15, 0.2) is 24.3 Å². The lowest BCUT2D eigenvalue weighted by molar-refractivity contribution is 0.322. The summed E-state index contributed by atoms with van der Waals surface area (Å²) in [5.74, 6) is 0. The molecule has 1 aromatic rings. The molecule has 1 fully saturated rings. The van der Waals surface area contributed by atoms with E-state index in [0.29, 0.717) is 0 Å². The molecule has 1 N–H and O–H groups in total. The molecule has 0 saturated carbocycles. The monoisotopic (exact) mass is 217 g/mol. The minimum Gasteiger partial charge on any atom is -0.311 e. The van der Waals surface area contributed by atoms with E-state index in [1.165, 1.54) is 43.2 Å². The fourth-order valence-corrected chi connectivity index (χ4v) is 2.56. The molecule has 1 heterocycles. The standard InChI is InChI=1S/C15H23N/c1-12-6-8-14(9-7-12)10-11-15-5-3-4-13(2)16-15/h6-9,13,15-16H,3-5,10-11H2,1-2H3. The van der Waals surface area contributed by atoms with Gasteiger partial charge in [0.15, 0.2) is 0 Å². The van der Waals surface area contributed by atoms with Crippen molar-refractivity contribution in [1.82, 2.24) is 5.32 Å². The van der Waals surface area contributed by atoms with E-state index in [2.05, 4.69) is 43.4 Å². The lowest BCUT2D eigenvalue weighted by Crippen LogP contribution is -2.40. The number of hydrogen-bond acceptors (Lipinski definition) is 1. The Bertz CT molecular complexity index is 315. The second kappa shape index (κ2) is 5.49. The van der Waals surface area contributed by atoms with E-state index in [-0.39, 0.29) is 0 Å². The van der Waals surface area contributed by atoms with Gasteiger partial charge < -0.3 is 5.32 Å². The SMILES string of the molecule is Cc1ccc(CCC2CCCC(C)N2)cc1. The lowest BCUT2D eigenvalue weighted by atomic mass is 9.94. The molecule has 88 valence electrons. The summed E-state index contributed by atoms with van der Waals surface area (Å²) in [6, 6.07) is 10.4. The zero-order chi connectivity index (χ0) is 11.4. The van der Waals surface area contributed by atoms with Crippen molar-refractivity contribution in [3.63, 3.8) is 0 Å². The van der Waals surface area contributed by atoms with E-state index < -0.39 is 0 Å². The fraction of sp³-hybridized carbons (Fsp3) is 0.600. The van der Waals surface area contributed by atoms with Gasteiger partial charge in [0.05, 0.1) is 0 Å². The highest BCUT2D eigenvalue weighted by molar-refractivity contribution is 5.21.